The summed E-state index contributed by atoms with van der Waals surface area (Å²) in [7, 11) is 0. The molecule has 0 saturated heterocycles. The summed E-state index contributed by atoms with van der Waals surface area (Å²) in [6, 6.07) is 0. The van der Waals surface area contributed by atoms with E-state index in [1.54, 1.807) is 0 Å². The molecule has 0 spiro atoms. The highest BCUT2D eigenvalue weighted by Gasteiger charge is 2.18. The first-order valence-corrected chi connectivity index (χ1v) is 5.44. The molecule has 0 fully saturated rings. The molecule has 0 saturated carbocycles. The van der Waals surface area contributed by atoms with Gasteiger partial charge in [-0.3, -0.25) is 0 Å². The summed E-state index contributed by atoms with van der Waals surface area (Å²) in [5.41, 5.74) is 0.425. The highest BCUT2D eigenvalue weighted by Crippen LogP contribution is 2.28. The molecule has 0 bridgehead atoms. The van der Waals surface area contributed by atoms with Crippen molar-refractivity contribution in [3.63, 3.8) is 0 Å². The topological polar surface area (TPSA) is 0 Å². The van der Waals surface area contributed by atoms with E-state index in [0.29, 0.717) is 11.3 Å². The van der Waals surface area contributed by atoms with Gasteiger partial charge >= 0.3 is 0 Å². The van der Waals surface area contributed by atoms with Gasteiger partial charge in [-0.2, -0.15) is 0 Å². The van der Waals surface area contributed by atoms with Gasteiger partial charge in [0.25, 0.3) is 0 Å². The van der Waals surface area contributed by atoms with Crippen LogP contribution in [0.2, 0.25) is 0 Å². The Morgan fingerprint density at radius 1 is 1.17 bits per heavy atom. The number of hydrogen-bond donors (Lipinski definition) is 0. The van der Waals surface area contributed by atoms with Crippen molar-refractivity contribution < 1.29 is 0 Å². The Labute approximate surface area is 82.7 Å². The normalized spacial score (nSPS) is 15.2. The molecule has 0 aromatic carbocycles. The number of hydrogen-bond acceptors (Lipinski definition) is 0. The minimum absolute atomic E-state index is 0.425. The molecule has 0 aromatic heterocycles. The molecule has 0 heterocycles. The van der Waals surface area contributed by atoms with Crippen LogP contribution in [-0.4, -0.2) is 5.88 Å². The first-order chi connectivity index (χ1) is 5.35. The lowest BCUT2D eigenvalue weighted by Crippen LogP contribution is -2.16. The maximum absolute atomic E-state index is 5.92. The molecule has 0 rings (SSSR count). The molecule has 0 aromatic rings. The maximum atomic E-state index is 5.92. The van der Waals surface area contributed by atoms with Crippen LogP contribution in [0.5, 0.6) is 0 Å². The van der Waals surface area contributed by atoms with E-state index < -0.39 is 0 Å². The van der Waals surface area contributed by atoms with Crippen molar-refractivity contribution in [1.29, 1.82) is 0 Å². The number of alkyl halides is 1. The van der Waals surface area contributed by atoms with Crippen molar-refractivity contribution in [2.75, 3.05) is 5.88 Å². The minimum Gasteiger partial charge on any atom is -0.126 e. The molecular formula is C11H23Cl. The SMILES string of the molecule is CC(C)CC(CCl)CC(C)(C)C. The third-order valence-corrected chi connectivity index (χ3v) is 2.36. The van der Waals surface area contributed by atoms with Crippen LogP contribution in [0.4, 0.5) is 0 Å². The molecule has 0 aliphatic rings. The molecule has 0 aliphatic carbocycles. The van der Waals surface area contributed by atoms with E-state index in [0.717, 1.165) is 11.8 Å². The van der Waals surface area contributed by atoms with Crippen molar-refractivity contribution in [2.24, 2.45) is 17.3 Å². The predicted octanol–water partition coefficient (Wildman–Crippen LogP) is 4.32. The lowest BCUT2D eigenvalue weighted by molar-refractivity contribution is 0.280. The lowest BCUT2D eigenvalue weighted by atomic mass is 9.82. The zero-order valence-electron chi connectivity index (χ0n) is 9.15. The molecule has 1 atom stereocenters. The Hall–Kier alpha value is 0.290. The van der Waals surface area contributed by atoms with Gasteiger partial charge in [-0.05, 0) is 30.1 Å². The van der Waals surface area contributed by atoms with Gasteiger partial charge < -0.3 is 0 Å². The Balaban J connectivity index is 3.83. The van der Waals surface area contributed by atoms with Gasteiger partial charge in [0.1, 0.15) is 0 Å². The number of halogens is 1. The van der Waals surface area contributed by atoms with Crippen molar-refractivity contribution in [3.05, 3.63) is 0 Å². The largest absolute Gasteiger partial charge is 0.126 e. The standard InChI is InChI=1S/C11H23Cl/c1-9(2)6-10(8-12)7-11(3,4)5/h9-10H,6-8H2,1-5H3. The summed E-state index contributed by atoms with van der Waals surface area (Å²) < 4.78 is 0. The molecule has 1 unspecified atom stereocenters. The Kier molecular flexibility index (Phi) is 5.24. The second-order valence-corrected chi connectivity index (χ2v) is 5.72. The van der Waals surface area contributed by atoms with E-state index in [-0.39, 0.29) is 0 Å². The summed E-state index contributed by atoms with van der Waals surface area (Å²) >= 11 is 5.92. The average Bonchev–Trinajstić information content (AvgIpc) is 1.82. The van der Waals surface area contributed by atoms with Crippen LogP contribution in [0.25, 0.3) is 0 Å². The summed E-state index contributed by atoms with van der Waals surface area (Å²) in [5, 5.41) is 0. The van der Waals surface area contributed by atoms with Crippen molar-refractivity contribution >= 4 is 11.6 Å². The molecule has 0 radical (unpaired) electrons. The van der Waals surface area contributed by atoms with Gasteiger partial charge in [-0.1, -0.05) is 34.6 Å². The van der Waals surface area contributed by atoms with Crippen LogP contribution in [0.15, 0.2) is 0 Å². The van der Waals surface area contributed by atoms with Gasteiger partial charge in [-0.15, -0.1) is 11.6 Å². The molecule has 0 nitrogen and oxygen atoms in total. The smallest absolute Gasteiger partial charge is 0.0252 e. The molecule has 0 aliphatic heterocycles. The monoisotopic (exact) mass is 190 g/mol. The second-order valence-electron chi connectivity index (χ2n) is 5.41. The zero-order valence-corrected chi connectivity index (χ0v) is 9.91. The Morgan fingerprint density at radius 3 is 1.92 bits per heavy atom. The first-order valence-electron chi connectivity index (χ1n) is 4.91. The highest BCUT2D eigenvalue weighted by atomic mass is 35.5. The minimum atomic E-state index is 0.425. The quantitative estimate of drug-likeness (QED) is 0.580. The van der Waals surface area contributed by atoms with Crippen LogP contribution in [-0.2, 0) is 0 Å². The van der Waals surface area contributed by atoms with E-state index in [9.17, 15) is 0 Å². The third kappa shape index (κ3) is 6.97. The lowest BCUT2D eigenvalue weighted by Gasteiger charge is -2.25. The molecule has 12 heavy (non-hydrogen) atoms. The molecule has 74 valence electrons. The van der Waals surface area contributed by atoms with E-state index in [4.69, 9.17) is 11.6 Å². The van der Waals surface area contributed by atoms with Gasteiger partial charge in [0.15, 0.2) is 0 Å². The van der Waals surface area contributed by atoms with E-state index in [2.05, 4.69) is 34.6 Å². The summed E-state index contributed by atoms with van der Waals surface area (Å²) in [6.07, 6.45) is 2.51. The van der Waals surface area contributed by atoms with E-state index >= 15 is 0 Å². The van der Waals surface area contributed by atoms with Gasteiger partial charge in [-0.25, -0.2) is 0 Å². The molecule has 0 N–H and O–H groups in total. The van der Waals surface area contributed by atoms with Gasteiger partial charge in [0.05, 0.1) is 0 Å². The molecular weight excluding hydrogens is 168 g/mol. The third-order valence-electron chi connectivity index (χ3n) is 1.92. The molecule has 0 amide bonds. The first kappa shape index (κ1) is 12.3. The fourth-order valence-corrected chi connectivity index (χ4v) is 1.97. The summed E-state index contributed by atoms with van der Waals surface area (Å²) in [4.78, 5) is 0. The van der Waals surface area contributed by atoms with E-state index in [1.807, 2.05) is 0 Å². The average molecular weight is 191 g/mol. The fourth-order valence-electron chi connectivity index (χ4n) is 1.73. The van der Waals surface area contributed by atoms with Crippen molar-refractivity contribution in [2.45, 2.75) is 47.5 Å². The maximum Gasteiger partial charge on any atom is 0.0252 e. The van der Waals surface area contributed by atoms with Gasteiger partial charge in [0, 0.05) is 5.88 Å². The van der Waals surface area contributed by atoms with Crippen LogP contribution in [0, 0.1) is 17.3 Å². The van der Waals surface area contributed by atoms with Crippen LogP contribution in [0.3, 0.4) is 0 Å². The summed E-state index contributed by atoms with van der Waals surface area (Å²) in [6.45, 7) is 11.4. The van der Waals surface area contributed by atoms with Crippen LogP contribution < -0.4 is 0 Å². The number of rotatable bonds is 4. The predicted molar refractivity (Wildman–Crippen MR) is 57.7 cm³/mol. The molecule has 1 heteroatoms. The van der Waals surface area contributed by atoms with Crippen molar-refractivity contribution in [1.82, 2.24) is 0 Å². The highest BCUT2D eigenvalue weighted by molar-refractivity contribution is 6.18. The fraction of sp³-hybridized carbons (Fsp3) is 1.00. The zero-order chi connectivity index (χ0) is 9.78. The Bertz CT molecular complexity index is 111. The Morgan fingerprint density at radius 2 is 1.67 bits per heavy atom. The second kappa shape index (κ2) is 5.11. The van der Waals surface area contributed by atoms with Crippen LogP contribution in [0.1, 0.15) is 47.5 Å². The van der Waals surface area contributed by atoms with Crippen molar-refractivity contribution in [3.8, 4) is 0 Å². The van der Waals surface area contributed by atoms with Gasteiger partial charge in [0.2, 0.25) is 0 Å². The summed E-state index contributed by atoms with van der Waals surface area (Å²) in [5.74, 6) is 2.29. The van der Waals surface area contributed by atoms with Crippen LogP contribution >= 0.6 is 11.6 Å². The van der Waals surface area contributed by atoms with E-state index in [1.165, 1.54) is 12.8 Å².